The number of hydrogen-bond donors (Lipinski definition) is 0. The van der Waals surface area contributed by atoms with Gasteiger partial charge in [-0.1, -0.05) is 48.6 Å². The van der Waals surface area contributed by atoms with Gasteiger partial charge >= 0.3 is 0 Å². The minimum absolute atomic E-state index is 0.0905. The number of carbonyl (C=O) groups excluding carboxylic acids is 3. The molecule has 0 aromatic heterocycles. The van der Waals surface area contributed by atoms with Crippen molar-refractivity contribution in [2.45, 2.75) is 6.42 Å². The Bertz CT molecular complexity index is 1060. The molecule has 4 aliphatic carbocycles. The molecule has 7 rings (SSSR count). The van der Waals surface area contributed by atoms with Crippen LogP contribution in [-0.4, -0.2) is 24.2 Å². The number of carbonyl (C=O) groups is 3. The van der Waals surface area contributed by atoms with Crippen molar-refractivity contribution in [2.24, 2.45) is 35.5 Å². The summed E-state index contributed by atoms with van der Waals surface area (Å²) >= 11 is 0. The lowest BCUT2D eigenvalue weighted by Crippen LogP contribution is -2.40. The number of benzene rings is 2. The van der Waals surface area contributed by atoms with E-state index in [0.29, 0.717) is 28.8 Å². The van der Waals surface area contributed by atoms with Gasteiger partial charge in [-0.15, -0.1) is 0 Å². The smallest absolute Gasteiger partial charge is 0.238 e. The van der Waals surface area contributed by atoms with Crippen LogP contribution in [0.2, 0.25) is 0 Å². The van der Waals surface area contributed by atoms with E-state index in [1.165, 1.54) is 4.90 Å². The van der Waals surface area contributed by atoms with Crippen LogP contribution in [0, 0.1) is 35.5 Å². The van der Waals surface area contributed by atoms with Crippen LogP contribution in [0.4, 0.5) is 5.69 Å². The number of rotatable bonds is 5. The van der Waals surface area contributed by atoms with Gasteiger partial charge in [0.05, 0.1) is 17.5 Å². The highest BCUT2D eigenvalue weighted by atomic mass is 16.5. The summed E-state index contributed by atoms with van der Waals surface area (Å²) in [4.78, 5) is 40.1. The number of imide groups is 1. The predicted octanol–water partition coefficient (Wildman–Crippen LogP) is 3.51. The van der Waals surface area contributed by atoms with Crippen LogP contribution in [-0.2, 0) is 9.59 Å². The van der Waals surface area contributed by atoms with Crippen molar-refractivity contribution in [3.8, 4) is 5.75 Å². The SMILES string of the molecule is O=C(COc1cccc(N2C(=O)[C@@H]3[C@@H]4C=C[C@H]([C@H]5C[C@H]45)[C@@H]3C2=O)c1)c1ccccc1. The van der Waals surface area contributed by atoms with Gasteiger partial charge in [0.1, 0.15) is 5.75 Å². The molecule has 0 N–H and O–H groups in total. The third kappa shape index (κ3) is 2.51. The molecule has 0 spiro atoms. The lowest BCUT2D eigenvalue weighted by Gasteiger charge is -2.37. The molecule has 3 fully saturated rings. The molecular formula is C25H21NO4. The molecule has 2 aromatic rings. The number of anilines is 1. The number of hydrogen-bond acceptors (Lipinski definition) is 4. The van der Waals surface area contributed by atoms with Crippen LogP contribution in [0.15, 0.2) is 66.7 Å². The van der Waals surface area contributed by atoms with Crippen LogP contribution < -0.4 is 9.64 Å². The largest absolute Gasteiger partial charge is 0.485 e. The Morgan fingerprint density at radius 3 is 2.23 bits per heavy atom. The van der Waals surface area contributed by atoms with Crippen molar-refractivity contribution < 1.29 is 19.1 Å². The standard InChI is InChI=1S/C25H21NO4/c27-21(14-5-2-1-3-6-14)13-30-16-8-4-7-15(11-16)26-24(28)22-17-9-10-18(20-12-19(17)20)23(22)25(26)29/h1-11,17-20,22-23H,12-13H2/t17-,18-,19-,20-,22-,23+/m1/s1. The summed E-state index contributed by atoms with van der Waals surface area (Å²) in [5.41, 5.74) is 1.11. The zero-order valence-corrected chi connectivity index (χ0v) is 16.3. The highest BCUT2D eigenvalue weighted by Gasteiger charge is 2.67. The number of nitrogens with zero attached hydrogens (tertiary/aromatic N) is 1. The molecule has 1 aliphatic heterocycles. The zero-order chi connectivity index (χ0) is 20.4. The second-order valence-electron chi connectivity index (χ2n) is 8.74. The molecule has 150 valence electrons. The molecule has 6 atom stereocenters. The first-order valence-electron chi connectivity index (χ1n) is 10.5. The lowest BCUT2D eigenvalue weighted by atomic mass is 9.63. The Morgan fingerprint density at radius 1 is 0.900 bits per heavy atom. The van der Waals surface area contributed by atoms with Gasteiger partial charge in [0.25, 0.3) is 0 Å². The van der Waals surface area contributed by atoms with Gasteiger partial charge in [0, 0.05) is 11.6 Å². The average molecular weight is 399 g/mol. The normalized spacial score (nSPS) is 32.7. The fourth-order valence-electron chi connectivity index (χ4n) is 5.78. The van der Waals surface area contributed by atoms with E-state index in [0.717, 1.165) is 6.42 Å². The number of amides is 2. The van der Waals surface area contributed by atoms with E-state index in [2.05, 4.69) is 12.2 Å². The highest BCUT2D eigenvalue weighted by Crippen LogP contribution is 2.65. The fraction of sp³-hybridized carbons (Fsp3) is 0.320. The van der Waals surface area contributed by atoms with E-state index in [4.69, 9.17) is 4.74 Å². The molecular weight excluding hydrogens is 378 g/mol. The quantitative estimate of drug-likeness (QED) is 0.439. The van der Waals surface area contributed by atoms with Crippen molar-refractivity contribution in [3.63, 3.8) is 0 Å². The number of ether oxygens (including phenoxy) is 1. The van der Waals surface area contributed by atoms with Crippen LogP contribution >= 0.6 is 0 Å². The third-order valence-electron chi connectivity index (χ3n) is 7.20. The molecule has 5 aliphatic rings. The maximum Gasteiger partial charge on any atom is 0.238 e. The highest BCUT2D eigenvalue weighted by molar-refractivity contribution is 6.22. The Labute approximate surface area is 174 Å². The van der Waals surface area contributed by atoms with Gasteiger partial charge < -0.3 is 4.74 Å². The van der Waals surface area contributed by atoms with Crippen molar-refractivity contribution in [2.75, 3.05) is 11.5 Å². The lowest BCUT2D eigenvalue weighted by molar-refractivity contribution is -0.124. The van der Waals surface area contributed by atoms with E-state index in [-0.39, 0.29) is 47.9 Å². The Balaban J connectivity index is 1.22. The molecule has 1 saturated heterocycles. The van der Waals surface area contributed by atoms with Gasteiger partial charge in [-0.3, -0.25) is 14.4 Å². The fourth-order valence-corrected chi connectivity index (χ4v) is 5.78. The monoisotopic (exact) mass is 399 g/mol. The Kier molecular flexibility index (Phi) is 3.76. The summed E-state index contributed by atoms with van der Waals surface area (Å²) < 4.78 is 5.68. The first kappa shape index (κ1) is 17.6. The summed E-state index contributed by atoms with van der Waals surface area (Å²) in [6, 6.07) is 15.9. The second kappa shape index (κ2) is 6.39. The van der Waals surface area contributed by atoms with Crippen LogP contribution in [0.25, 0.3) is 0 Å². The van der Waals surface area contributed by atoms with E-state index >= 15 is 0 Å². The Hall–Kier alpha value is -3.21. The van der Waals surface area contributed by atoms with E-state index < -0.39 is 0 Å². The van der Waals surface area contributed by atoms with Gasteiger partial charge in [-0.05, 0) is 42.2 Å². The molecule has 0 unspecified atom stereocenters. The van der Waals surface area contributed by atoms with Crippen molar-refractivity contribution in [1.82, 2.24) is 0 Å². The molecule has 2 amide bonds. The molecule has 5 heteroatoms. The van der Waals surface area contributed by atoms with Crippen LogP contribution in [0.5, 0.6) is 5.75 Å². The van der Waals surface area contributed by atoms with Gasteiger partial charge in [-0.25, -0.2) is 4.90 Å². The summed E-state index contributed by atoms with van der Waals surface area (Å²) in [6.07, 6.45) is 5.49. The molecule has 2 aromatic carbocycles. The van der Waals surface area contributed by atoms with E-state index in [1.54, 1.807) is 36.4 Å². The number of ketones is 1. The Morgan fingerprint density at radius 2 is 1.57 bits per heavy atom. The van der Waals surface area contributed by atoms with Gasteiger partial charge in [0.2, 0.25) is 11.8 Å². The minimum Gasteiger partial charge on any atom is -0.485 e. The summed E-state index contributed by atoms with van der Waals surface area (Å²) in [6.45, 7) is -0.0992. The summed E-state index contributed by atoms with van der Waals surface area (Å²) in [7, 11) is 0. The zero-order valence-electron chi connectivity index (χ0n) is 16.3. The molecule has 2 bridgehead atoms. The molecule has 30 heavy (non-hydrogen) atoms. The van der Waals surface area contributed by atoms with Gasteiger partial charge in [-0.2, -0.15) is 0 Å². The van der Waals surface area contributed by atoms with Crippen LogP contribution in [0.3, 0.4) is 0 Å². The van der Waals surface area contributed by atoms with E-state index in [9.17, 15) is 14.4 Å². The van der Waals surface area contributed by atoms with E-state index in [1.807, 2.05) is 18.2 Å². The molecule has 1 heterocycles. The van der Waals surface area contributed by atoms with Crippen molar-refractivity contribution >= 4 is 23.3 Å². The molecule has 0 radical (unpaired) electrons. The maximum atomic E-state index is 13.2. The van der Waals surface area contributed by atoms with Crippen molar-refractivity contribution in [3.05, 3.63) is 72.3 Å². The second-order valence-corrected chi connectivity index (χ2v) is 8.74. The molecule has 5 nitrogen and oxygen atoms in total. The maximum absolute atomic E-state index is 13.2. The average Bonchev–Trinajstić information content (AvgIpc) is 3.56. The van der Waals surface area contributed by atoms with Gasteiger partial charge in [0.15, 0.2) is 12.4 Å². The molecule has 2 saturated carbocycles. The first-order chi connectivity index (χ1) is 14.6. The van der Waals surface area contributed by atoms with Crippen molar-refractivity contribution in [1.29, 1.82) is 0 Å². The predicted molar refractivity (Wildman–Crippen MR) is 110 cm³/mol. The summed E-state index contributed by atoms with van der Waals surface area (Å²) in [5, 5.41) is 0. The first-order valence-corrected chi connectivity index (χ1v) is 10.5. The minimum atomic E-state index is -0.222. The topological polar surface area (TPSA) is 63.7 Å². The third-order valence-corrected chi connectivity index (χ3v) is 7.20. The summed E-state index contributed by atoms with van der Waals surface area (Å²) in [5.74, 6) is 1.29. The number of allylic oxidation sites excluding steroid dienone is 2. The van der Waals surface area contributed by atoms with Crippen LogP contribution in [0.1, 0.15) is 16.8 Å². The number of Topliss-reactive ketones (excluding diaryl/α,β-unsaturated/α-hetero) is 1.